The van der Waals surface area contributed by atoms with Crippen LogP contribution in [0.25, 0.3) is 10.8 Å². The van der Waals surface area contributed by atoms with Gasteiger partial charge in [0, 0.05) is 29.9 Å². The number of anilines is 1. The van der Waals surface area contributed by atoms with Crippen LogP contribution in [0.5, 0.6) is 11.5 Å². The van der Waals surface area contributed by atoms with E-state index in [1.54, 1.807) is 32.4 Å². The molecule has 0 radical (unpaired) electrons. The molecular weight excluding hydrogens is 352 g/mol. The van der Waals surface area contributed by atoms with Gasteiger partial charge in [-0.1, -0.05) is 42.5 Å². The highest BCUT2D eigenvalue weighted by molar-refractivity contribution is 5.95. The number of hydrogen-bond donors (Lipinski definition) is 2. The van der Waals surface area contributed by atoms with Gasteiger partial charge in [0.2, 0.25) is 5.91 Å². The molecule has 0 saturated carbocycles. The number of carbonyl (C=O) groups excluding carboxylic acids is 1. The van der Waals surface area contributed by atoms with Crippen molar-refractivity contribution in [2.45, 2.75) is 25.9 Å². The van der Waals surface area contributed by atoms with Crippen LogP contribution in [0.3, 0.4) is 0 Å². The Hall–Kier alpha value is -3.05. The Bertz CT molecular complexity index is 943. The fraction of sp³-hybridized carbons (Fsp3) is 0.261. The van der Waals surface area contributed by atoms with Gasteiger partial charge in [0.1, 0.15) is 11.5 Å². The number of fused-ring (bicyclic) bond motifs is 1. The van der Waals surface area contributed by atoms with Crippen LogP contribution in [0, 0.1) is 0 Å². The Kier molecular flexibility index (Phi) is 6.16. The van der Waals surface area contributed by atoms with E-state index in [-0.39, 0.29) is 18.0 Å². The molecule has 0 fully saturated rings. The van der Waals surface area contributed by atoms with E-state index in [1.807, 2.05) is 25.1 Å². The third-order valence-corrected chi connectivity index (χ3v) is 4.80. The first-order valence-electron chi connectivity index (χ1n) is 9.29. The predicted octanol–water partition coefficient (Wildman–Crippen LogP) is 4.53. The Morgan fingerprint density at radius 3 is 2.21 bits per heavy atom. The highest BCUT2D eigenvalue weighted by Gasteiger charge is 2.18. The van der Waals surface area contributed by atoms with Gasteiger partial charge in [-0.3, -0.25) is 10.1 Å². The normalized spacial score (nSPS) is 13.0. The van der Waals surface area contributed by atoms with Gasteiger partial charge in [0.15, 0.2) is 0 Å². The zero-order chi connectivity index (χ0) is 20.1. The van der Waals surface area contributed by atoms with Crippen molar-refractivity contribution in [3.63, 3.8) is 0 Å². The second-order valence-electron chi connectivity index (χ2n) is 6.77. The van der Waals surface area contributed by atoms with Crippen molar-refractivity contribution in [1.29, 1.82) is 0 Å². The monoisotopic (exact) mass is 378 g/mol. The van der Waals surface area contributed by atoms with Crippen LogP contribution in [-0.2, 0) is 4.79 Å². The summed E-state index contributed by atoms with van der Waals surface area (Å²) in [6.07, 6.45) is 0. The van der Waals surface area contributed by atoms with Crippen LogP contribution in [-0.4, -0.2) is 26.2 Å². The van der Waals surface area contributed by atoms with Gasteiger partial charge in [-0.25, -0.2) is 0 Å². The van der Waals surface area contributed by atoms with Crippen molar-refractivity contribution < 1.29 is 14.3 Å². The van der Waals surface area contributed by atoms with Crippen LogP contribution in [0.1, 0.15) is 25.5 Å². The number of ether oxygens (including phenoxy) is 2. The van der Waals surface area contributed by atoms with Crippen molar-refractivity contribution in [3.8, 4) is 11.5 Å². The second kappa shape index (κ2) is 8.76. The molecule has 146 valence electrons. The van der Waals surface area contributed by atoms with E-state index in [1.165, 1.54) is 16.3 Å². The SMILES string of the molecule is COc1cc(NC(=O)[C@H](C)N[C@@H](C)c2cccc3ccccc23)cc(OC)c1. The summed E-state index contributed by atoms with van der Waals surface area (Å²) in [5.74, 6) is 1.13. The summed E-state index contributed by atoms with van der Waals surface area (Å²) in [5.41, 5.74) is 1.80. The molecule has 0 aliphatic heterocycles. The Morgan fingerprint density at radius 1 is 0.893 bits per heavy atom. The van der Waals surface area contributed by atoms with Crippen LogP contribution in [0.4, 0.5) is 5.69 Å². The molecule has 0 bridgehead atoms. The molecule has 1 amide bonds. The number of amides is 1. The van der Waals surface area contributed by atoms with Gasteiger partial charge in [-0.05, 0) is 30.2 Å². The summed E-state index contributed by atoms with van der Waals surface area (Å²) in [4.78, 5) is 12.7. The number of rotatable bonds is 7. The van der Waals surface area contributed by atoms with Gasteiger partial charge in [-0.15, -0.1) is 0 Å². The molecule has 3 aromatic rings. The van der Waals surface area contributed by atoms with Crippen LogP contribution >= 0.6 is 0 Å². The zero-order valence-corrected chi connectivity index (χ0v) is 16.7. The highest BCUT2D eigenvalue weighted by atomic mass is 16.5. The minimum absolute atomic E-state index is 0.0201. The van der Waals surface area contributed by atoms with Crippen LogP contribution < -0.4 is 20.1 Å². The van der Waals surface area contributed by atoms with Gasteiger partial charge in [-0.2, -0.15) is 0 Å². The fourth-order valence-electron chi connectivity index (χ4n) is 3.30. The molecule has 0 saturated heterocycles. The third-order valence-electron chi connectivity index (χ3n) is 4.80. The number of methoxy groups -OCH3 is 2. The molecule has 2 N–H and O–H groups in total. The van der Waals surface area contributed by atoms with Crippen molar-refractivity contribution in [1.82, 2.24) is 5.32 Å². The van der Waals surface area contributed by atoms with E-state index in [2.05, 4.69) is 41.8 Å². The lowest BCUT2D eigenvalue weighted by molar-refractivity contribution is -0.117. The number of carbonyl (C=O) groups is 1. The average Bonchev–Trinajstić information content (AvgIpc) is 2.72. The standard InChI is InChI=1S/C23H26N2O3/c1-15(21-11-7-9-17-8-5-6-10-22(17)21)24-16(2)23(26)25-18-12-19(27-3)14-20(13-18)28-4/h5-16,24H,1-4H3,(H,25,26)/t15-,16-/m0/s1. The van der Waals surface area contributed by atoms with Crippen molar-refractivity contribution in [2.75, 3.05) is 19.5 Å². The van der Waals surface area contributed by atoms with E-state index in [0.29, 0.717) is 17.2 Å². The highest BCUT2D eigenvalue weighted by Crippen LogP contribution is 2.27. The first-order valence-corrected chi connectivity index (χ1v) is 9.29. The van der Waals surface area contributed by atoms with Gasteiger partial charge >= 0.3 is 0 Å². The average molecular weight is 378 g/mol. The molecule has 0 unspecified atom stereocenters. The summed E-state index contributed by atoms with van der Waals surface area (Å²) in [7, 11) is 3.16. The van der Waals surface area contributed by atoms with Gasteiger partial charge < -0.3 is 14.8 Å². The smallest absolute Gasteiger partial charge is 0.241 e. The molecule has 3 aromatic carbocycles. The van der Waals surface area contributed by atoms with Crippen LogP contribution in [0.2, 0.25) is 0 Å². The fourth-order valence-corrected chi connectivity index (χ4v) is 3.30. The first kappa shape index (κ1) is 19.7. The lowest BCUT2D eigenvalue weighted by Crippen LogP contribution is -2.39. The Morgan fingerprint density at radius 2 is 1.54 bits per heavy atom. The zero-order valence-electron chi connectivity index (χ0n) is 16.7. The molecule has 5 nitrogen and oxygen atoms in total. The largest absolute Gasteiger partial charge is 0.497 e. The van der Waals surface area contributed by atoms with Crippen molar-refractivity contribution >= 4 is 22.4 Å². The number of hydrogen-bond acceptors (Lipinski definition) is 4. The van der Waals surface area contributed by atoms with Gasteiger partial charge in [0.25, 0.3) is 0 Å². The molecule has 3 rings (SSSR count). The van der Waals surface area contributed by atoms with Crippen LogP contribution in [0.15, 0.2) is 60.7 Å². The minimum atomic E-state index is -0.383. The molecule has 0 aliphatic rings. The van der Waals surface area contributed by atoms with Gasteiger partial charge in [0.05, 0.1) is 20.3 Å². The predicted molar refractivity (Wildman–Crippen MR) is 113 cm³/mol. The molecule has 0 aromatic heterocycles. The minimum Gasteiger partial charge on any atom is -0.497 e. The quantitative estimate of drug-likeness (QED) is 0.634. The second-order valence-corrected chi connectivity index (χ2v) is 6.77. The van der Waals surface area contributed by atoms with E-state index >= 15 is 0 Å². The molecule has 5 heteroatoms. The summed E-state index contributed by atoms with van der Waals surface area (Å²) in [6.45, 7) is 3.93. The van der Waals surface area contributed by atoms with E-state index in [9.17, 15) is 4.79 Å². The summed E-state index contributed by atoms with van der Waals surface area (Å²) < 4.78 is 10.5. The van der Waals surface area contributed by atoms with E-state index in [0.717, 1.165) is 0 Å². The lowest BCUT2D eigenvalue weighted by Gasteiger charge is -2.21. The van der Waals surface area contributed by atoms with Crippen molar-refractivity contribution in [3.05, 3.63) is 66.2 Å². The Balaban J connectivity index is 1.72. The maximum absolute atomic E-state index is 12.7. The molecule has 0 heterocycles. The third kappa shape index (κ3) is 4.43. The maximum atomic E-state index is 12.7. The molecule has 2 atom stereocenters. The van der Waals surface area contributed by atoms with E-state index in [4.69, 9.17) is 9.47 Å². The topological polar surface area (TPSA) is 59.6 Å². The molecule has 28 heavy (non-hydrogen) atoms. The maximum Gasteiger partial charge on any atom is 0.241 e. The molecule has 0 spiro atoms. The lowest BCUT2D eigenvalue weighted by atomic mass is 9.99. The Labute approximate surface area is 165 Å². The van der Waals surface area contributed by atoms with Crippen molar-refractivity contribution in [2.24, 2.45) is 0 Å². The number of benzene rings is 3. The summed E-state index contributed by atoms with van der Waals surface area (Å²) in [6, 6.07) is 19.4. The molecule has 0 aliphatic carbocycles. The van der Waals surface area contributed by atoms with E-state index < -0.39 is 0 Å². The number of nitrogens with one attached hydrogen (secondary N) is 2. The summed E-state index contributed by atoms with van der Waals surface area (Å²) in [5, 5.41) is 8.69. The summed E-state index contributed by atoms with van der Waals surface area (Å²) >= 11 is 0. The molecular formula is C23H26N2O3. The first-order chi connectivity index (χ1) is 13.5.